The van der Waals surface area contributed by atoms with Crippen molar-refractivity contribution in [2.75, 3.05) is 0 Å². The second kappa shape index (κ2) is 5.70. The van der Waals surface area contributed by atoms with E-state index in [4.69, 9.17) is 5.11 Å². The molecule has 0 radical (unpaired) electrons. The van der Waals surface area contributed by atoms with E-state index < -0.39 is 5.97 Å². The maximum Gasteiger partial charge on any atom is 0.345 e. The van der Waals surface area contributed by atoms with Crippen molar-refractivity contribution in [1.82, 2.24) is 15.3 Å². The molecule has 18 heavy (non-hydrogen) atoms. The van der Waals surface area contributed by atoms with E-state index in [2.05, 4.69) is 15.3 Å². The Balaban J connectivity index is 1.86. The maximum atomic E-state index is 10.7. The summed E-state index contributed by atoms with van der Waals surface area (Å²) in [5.41, 5.74) is 0.928. The highest BCUT2D eigenvalue weighted by Gasteiger charge is 2.06. The molecule has 0 amide bonds. The Hall–Kier alpha value is -1.79. The van der Waals surface area contributed by atoms with Crippen molar-refractivity contribution >= 4 is 17.3 Å². The number of carbonyl (C=O) groups is 1. The first-order chi connectivity index (χ1) is 8.65. The Bertz CT molecular complexity index is 554. The molecule has 0 aromatic carbocycles. The van der Waals surface area contributed by atoms with Gasteiger partial charge in [-0.2, -0.15) is 0 Å². The number of aryl methyl sites for hydroxylation is 1. The minimum absolute atomic E-state index is 0.365. The van der Waals surface area contributed by atoms with E-state index in [1.165, 1.54) is 11.3 Å². The molecule has 2 heterocycles. The Morgan fingerprint density at radius 2 is 2.22 bits per heavy atom. The van der Waals surface area contributed by atoms with Crippen molar-refractivity contribution in [2.24, 2.45) is 0 Å². The molecule has 0 aliphatic rings. The second-order valence-corrected chi connectivity index (χ2v) is 4.94. The van der Waals surface area contributed by atoms with Crippen LogP contribution in [0.15, 0.2) is 24.4 Å². The Kier molecular flexibility index (Phi) is 4.01. The third kappa shape index (κ3) is 3.35. The van der Waals surface area contributed by atoms with Crippen molar-refractivity contribution in [2.45, 2.75) is 20.0 Å². The van der Waals surface area contributed by atoms with Gasteiger partial charge in [-0.3, -0.25) is 0 Å². The van der Waals surface area contributed by atoms with Crippen molar-refractivity contribution in [3.05, 3.63) is 45.7 Å². The van der Waals surface area contributed by atoms with Gasteiger partial charge >= 0.3 is 5.97 Å². The van der Waals surface area contributed by atoms with Crippen LogP contribution in [0.25, 0.3) is 0 Å². The number of carboxylic acid groups (broad SMARTS) is 1. The Morgan fingerprint density at radius 3 is 2.89 bits per heavy atom. The van der Waals surface area contributed by atoms with E-state index in [0.717, 1.165) is 16.4 Å². The summed E-state index contributed by atoms with van der Waals surface area (Å²) in [6, 6.07) is 5.31. The summed E-state index contributed by atoms with van der Waals surface area (Å²) in [7, 11) is 0. The van der Waals surface area contributed by atoms with Crippen molar-refractivity contribution < 1.29 is 9.90 Å². The maximum absolute atomic E-state index is 10.7. The monoisotopic (exact) mass is 263 g/mol. The fraction of sp³-hybridized carbons (Fsp3) is 0.250. The zero-order valence-corrected chi connectivity index (χ0v) is 10.7. The lowest BCUT2D eigenvalue weighted by Crippen LogP contribution is -2.13. The summed E-state index contributed by atoms with van der Waals surface area (Å²) in [6.45, 7) is 3.13. The van der Waals surface area contributed by atoms with Crippen LogP contribution in [0.1, 0.15) is 26.1 Å². The molecule has 6 heteroatoms. The summed E-state index contributed by atoms with van der Waals surface area (Å²) in [5.74, 6) is -0.128. The highest BCUT2D eigenvalue weighted by atomic mass is 32.1. The lowest BCUT2D eigenvalue weighted by molar-refractivity contribution is 0.0702. The number of aromatic nitrogens is 2. The number of nitrogens with zero attached hydrogens (tertiary/aromatic N) is 2. The molecule has 0 bridgehead atoms. The first-order valence-electron chi connectivity index (χ1n) is 5.46. The molecule has 0 atom stereocenters. The first-order valence-corrected chi connectivity index (χ1v) is 6.28. The summed E-state index contributed by atoms with van der Waals surface area (Å²) in [6.07, 6.45) is 1.73. The number of thiophene rings is 1. The van der Waals surface area contributed by atoms with Crippen LogP contribution in [0.5, 0.6) is 0 Å². The summed E-state index contributed by atoms with van der Waals surface area (Å²) in [5, 5.41) is 12.0. The third-order valence-corrected chi connectivity index (χ3v) is 3.38. The van der Waals surface area contributed by atoms with Gasteiger partial charge in [-0.1, -0.05) is 0 Å². The molecule has 0 saturated heterocycles. The molecule has 2 aromatic heterocycles. The molecule has 0 aliphatic carbocycles. The molecule has 5 nitrogen and oxygen atoms in total. The predicted molar refractivity (Wildman–Crippen MR) is 68.6 cm³/mol. The van der Waals surface area contributed by atoms with Crippen LogP contribution in [-0.4, -0.2) is 21.0 Å². The number of aromatic carboxylic acids is 1. The number of nitrogens with one attached hydrogen (secondary N) is 1. The average molecular weight is 263 g/mol. The van der Waals surface area contributed by atoms with Crippen LogP contribution in [0.4, 0.5) is 0 Å². The van der Waals surface area contributed by atoms with Crippen LogP contribution in [0, 0.1) is 6.92 Å². The highest BCUT2D eigenvalue weighted by Crippen LogP contribution is 2.16. The molecule has 0 saturated carbocycles. The van der Waals surface area contributed by atoms with Gasteiger partial charge in [0.2, 0.25) is 0 Å². The number of rotatable bonds is 5. The van der Waals surface area contributed by atoms with Crippen LogP contribution in [-0.2, 0) is 13.1 Å². The van der Waals surface area contributed by atoms with Crippen molar-refractivity contribution in [3.63, 3.8) is 0 Å². The van der Waals surface area contributed by atoms with E-state index in [-0.39, 0.29) is 0 Å². The van der Waals surface area contributed by atoms with Gasteiger partial charge < -0.3 is 10.4 Å². The molecule has 0 spiro atoms. The fourth-order valence-corrected chi connectivity index (χ4v) is 2.32. The molecular weight excluding hydrogens is 250 g/mol. The average Bonchev–Trinajstić information content (AvgIpc) is 2.78. The van der Waals surface area contributed by atoms with E-state index in [9.17, 15) is 4.79 Å². The second-order valence-electron chi connectivity index (χ2n) is 3.77. The Labute approximate surface area is 109 Å². The smallest absolute Gasteiger partial charge is 0.345 e. The highest BCUT2D eigenvalue weighted by molar-refractivity contribution is 7.13. The zero-order valence-electron chi connectivity index (χ0n) is 9.88. The van der Waals surface area contributed by atoms with E-state index >= 15 is 0 Å². The Morgan fingerprint density at radius 1 is 1.39 bits per heavy atom. The zero-order chi connectivity index (χ0) is 13.0. The lowest BCUT2D eigenvalue weighted by Gasteiger charge is -2.02. The topological polar surface area (TPSA) is 75.1 Å². The van der Waals surface area contributed by atoms with Crippen LogP contribution in [0.3, 0.4) is 0 Å². The van der Waals surface area contributed by atoms with E-state index in [1.54, 1.807) is 12.3 Å². The molecular formula is C12H13N3O2S. The van der Waals surface area contributed by atoms with Gasteiger partial charge in [0.25, 0.3) is 0 Å². The molecule has 0 unspecified atom stereocenters. The fourth-order valence-electron chi connectivity index (χ4n) is 1.51. The van der Waals surface area contributed by atoms with Gasteiger partial charge in [0.15, 0.2) is 0 Å². The predicted octanol–water partition coefficient (Wildman–Crippen LogP) is 1.83. The van der Waals surface area contributed by atoms with Gasteiger partial charge in [0.1, 0.15) is 10.7 Å². The molecule has 2 aromatic rings. The molecule has 2 N–H and O–H groups in total. The van der Waals surface area contributed by atoms with Gasteiger partial charge in [0.05, 0.1) is 5.69 Å². The number of carboxylic acids is 1. The van der Waals surface area contributed by atoms with Gasteiger partial charge in [-0.15, -0.1) is 11.3 Å². The van der Waals surface area contributed by atoms with Crippen molar-refractivity contribution in [1.29, 1.82) is 0 Å². The molecule has 94 valence electrons. The standard InChI is InChI=1S/C12H13N3O2S/c1-8-14-5-4-9(15-8)6-13-7-10-2-3-11(18-10)12(16)17/h2-5,13H,6-7H2,1H3,(H,16,17). The molecule has 2 rings (SSSR count). The van der Waals surface area contributed by atoms with E-state index in [0.29, 0.717) is 18.0 Å². The van der Waals surface area contributed by atoms with Gasteiger partial charge in [-0.05, 0) is 25.1 Å². The number of hydrogen-bond acceptors (Lipinski definition) is 5. The summed E-state index contributed by atoms with van der Waals surface area (Å²) < 4.78 is 0. The summed E-state index contributed by atoms with van der Waals surface area (Å²) in [4.78, 5) is 20.4. The largest absolute Gasteiger partial charge is 0.477 e. The molecule has 0 aliphatic heterocycles. The van der Waals surface area contributed by atoms with Crippen LogP contribution < -0.4 is 5.32 Å². The SMILES string of the molecule is Cc1nccc(CNCc2ccc(C(=O)O)s2)n1. The van der Waals surface area contributed by atoms with Crippen LogP contribution in [0.2, 0.25) is 0 Å². The van der Waals surface area contributed by atoms with Gasteiger partial charge in [0, 0.05) is 24.2 Å². The van der Waals surface area contributed by atoms with E-state index in [1.807, 2.05) is 19.1 Å². The van der Waals surface area contributed by atoms with Gasteiger partial charge in [-0.25, -0.2) is 14.8 Å². The normalized spacial score (nSPS) is 10.5. The van der Waals surface area contributed by atoms with Crippen LogP contribution >= 0.6 is 11.3 Å². The quantitative estimate of drug-likeness (QED) is 0.860. The minimum Gasteiger partial charge on any atom is -0.477 e. The van der Waals surface area contributed by atoms with Crippen molar-refractivity contribution in [3.8, 4) is 0 Å². The number of hydrogen-bond donors (Lipinski definition) is 2. The summed E-state index contributed by atoms with van der Waals surface area (Å²) >= 11 is 1.28. The minimum atomic E-state index is -0.877. The first kappa shape index (κ1) is 12.7. The lowest BCUT2D eigenvalue weighted by atomic mass is 10.3. The third-order valence-electron chi connectivity index (χ3n) is 2.31. The molecule has 0 fully saturated rings.